The smallest absolute Gasteiger partial charge is 0.263 e. The van der Waals surface area contributed by atoms with Crippen LogP contribution in [0.4, 0.5) is 0 Å². The molecule has 2 N–H and O–H groups in total. The molecule has 0 aliphatic carbocycles. The normalized spacial score (nSPS) is 10.9. The van der Waals surface area contributed by atoms with Crippen LogP contribution >= 0.6 is 22.9 Å². The van der Waals surface area contributed by atoms with E-state index in [-0.39, 0.29) is 6.54 Å². The van der Waals surface area contributed by atoms with E-state index in [0.717, 1.165) is 15.6 Å². The maximum atomic E-state index is 12.3. The van der Waals surface area contributed by atoms with E-state index in [1.54, 1.807) is 13.2 Å². The molecule has 0 bridgehead atoms. The average Bonchev–Trinajstić information content (AvgIpc) is 3.03. The van der Waals surface area contributed by atoms with E-state index in [1.807, 2.05) is 42.5 Å². The molecule has 6 nitrogen and oxygen atoms in total. The topological polar surface area (TPSA) is 79.8 Å². The lowest BCUT2D eigenvalue weighted by atomic mass is 10.2. The van der Waals surface area contributed by atoms with Crippen molar-refractivity contribution in [2.45, 2.75) is 0 Å². The van der Waals surface area contributed by atoms with Crippen molar-refractivity contribution in [1.29, 1.82) is 0 Å². The molecule has 0 aliphatic rings. The molecule has 0 saturated carbocycles. The number of thiophene rings is 1. The molecule has 1 heterocycles. The summed E-state index contributed by atoms with van der Waals surface area (Å²) in [5, 5.41) is 7.63. The Balaban J connectivity index is 1.54. The summed E-state index contributed by atoms with van der Waals surface area (Å²) in [5.74, 6) is -0.148. The number of carbonyl (C=O) groups excluding carboxylic acids is 2. The summed E-state index contributed by atoms with van der Waals surface area (Å²) in [6.07, 6.45) is 1.49. The van der Waals surface area contributed by atoms with Gasteiger partial charge in [-0.15, -0.1) is 11.3 Å². The van der Waals surface area contributed by atoms with Gasteiger partial charge in [-0.25, -0.2) is 5.43 Å². The first kappa shape index (κ1) is 18.9. The van der Waals surface area contributed by atoms with Crippen LogP contribution in [0, 0.1) is 0 Å². The van der Waals surface area contributed by atoms with Gasteiger partial charge in [-0.2, -0.15) is 5.10 Å². The maximum Gasteiger partial charge on any atom is 0.263 e. The van der Waals surface area contributed by atoms with Crippen molar-refractivity contribution in [3.05, 3.63) is 64.0 Å². The molecule has 3 aromatic rings. The number of nitrogens with zero attached hydrogens (tertiary/aromatic N) is 1. The zero-order valence-corrected chi connectivity index (χ0v) is 15.9. The standard InChI is InChI=1S/C19H16ClN3O3S/c1-26-13-6-4-5-12(9-13)10-22-23-16(24)11-21-19(25)18-17(20)14-7-2-3-8-15(14)27-18/h2-10H,11H2,1H3,(H,21,25)(H,23,24)/b22-10-. The number of nitrogens with one attached hydrogen (secondary N) is 2. The minimum absolute atomic E-state index is 0.209. The summed E-state index contributed by atoms with van der Waals surface area (Å²) in [7, 11) is 1.57. The van der Waals surface area contributed by atoms with E-state index >= 15 is 0 Å². The quantitative estimate of drug-likeness (QED) is 0.490. The Morgan fingerprint density at radius 3 is 2.81 bits per heavy atom. The zero-order chi connectivity index (χ0) is 19.2. The molecule has 2 amide bonds. The van der Waals surface area contributed by atoms with Crippen molar-refractivity contribution < 1.29 is 14.3 Å². The minimum atomic E-state index is -0.445. The van der Waals surface area contributed by atoms with Crippen LogP contribution in [0.3, 0.4) is 0 Å². The first-order valence-electron chi connectivity index (χ1n) is 7.99. The third kappa shape index (κ3) is 4.64. The summed E-state index contributed by atoms with van der Waals surface area (Å²) < 4.78 is 6.03. The van der Waals surface area contributed by atoms with E-state index < -0.39 is 11.8 Å². The highest BCUT2D eigenvalue weighted by molar-refractivity contribution is 7.21. The van der Waals surface area contributed by atoms with Gasteiger partial charge in [0.05, 0.1) is 24.9 Å². The number of ether oxygens (including phenoxy) is 1. The summed E-state index contributed by atoms with van der Waals surface area (Å²) in [6.45, 7) is -0.209. The van der Waals surface area contributed by atoms with Gasteiger partial charge in [0, 0.05) is 10.1 Å². The molecule has 8 heteroatoms. The fourth-order valence-corrected chi connectivity index (χ4v) is 3.77. The lowest BCUT2D eigenvalue weighted by molar-refractivity contribution is -0.120. The number of fused-ring (bicyclic) bond motifs is 1. The van der Waals surface area contributed by atoms with Gasteiger partial charge < -0.3 is 10.1 Å². The van der Waals surface area contributed by atoms with Gasteiger partial charge in [-0.1, -0.05) is 41.9 Å². The second-order valence-corrected chi connectivity index (χ2v) is 6.92. The van der Waals surface area contributed by atoms with Crippen LogP contribution < -0.4 is 15.5 Å². The second kappa shape index (κ2) is 8.66. The van der Waals surface area contributed by atoms with E-state index in [2.05, 4.69) is 15.8 Å². The molecular formula is C19H16ClN3O3S. The summed E-state index contributed by atoms with van der Waals surface area (Å²) in [6, 6.07) is 14.7. The molecule has 3 rings (SSSR count). The lowest BCUT2D eigenvalue weighted by Gasteiger charge is -2.03. The summed E-state index contributed by atoms with van der Waals surface area (Å²) in [5.41, 5.74) is 3.14. The average molecular weight is 402 g/mol. The SMILES string of the molecule is COc1cccc(/C=N\NC(=O)CNC(=O)c2sc3ccccc3c2Cl)c1. The van der Waals surface area contributed by atoms with Crippen LogP contribution in [0.2, 0.25) is 5.02 Å². The van der Waals surface area contributed by atoms with E-state index in [4.69, 9.17) is 16.3 Å². The highest BCUT2D eigenvalue weighted by Crippen LogP contribution is 2.34. The van der Waals surface area contributed by atoms with Crippen molar-refractivity contribution in [1.82, 2.24) is 10.7 Å². The Kier molecular flexibility index (Phi) is 6.05. The van der Waals surface area contributed by atoms with Gasteiger partial charge >= 0.3 is 0 Å². The molecule has 27 heavy (non-hydrogen) atoms. The number of carbonyl (C=O) groups is 2. The van der Waals surface area contributed by atoms with Gasteiger partial charge in [0.25, 0.3) is 11.8 Å². The van der Waals surface area contributed by atoms with Crippen LogP contribution in [-0.2, 0) is 4.79 Å². The van der Waals surface area contributed by atoms with Gasteiger partial charge in [0.2, 0.25) is 0 Å². The number of hydrogen-bond donors (Lipinski definition) is 2. The molecule has 0 atom stereocenters. The third-order valence-electron chi connectivity index (χ3n) is 3.65. The number of methoxy groups -OCH3 is 1. The van der Waals surface area contributed by atoms with Crippen molar-refractivity contribution in [2.75, 3.05) is 13.7 Å². The fraction of sp³-hybridized carbons (Fsp3) is 0.105. The van der Waals surface area contributed by atoms with E-state index in [0.29, 0.717) is 15.6 Å². The number of hydrogen-bond acceptors (Lipinski definition) is 5. The van der Waals surface area contributed by atoms with Gasteiger partial charge in [-0.05, 0) is 23.8 Å². The first-order valence-corrected chi connectivity index (χ1v) is 9.19. The highest BCUT2D eigenvalue weighted by atomic mass is 35.5. The molecule has 0 aliphatic heterocycles. The molecule has 138 valence electrons. The number of benzene rings is 2. The molecule has 2 aromatic carbocycles. The Morgan fingerprint density at radius 2 is 2.04 bits per heavy atom. The summed E-state index contributed by atoms with van der Waals surface area (Å²) in [4.78, 5) is 24.5. The van der Waals surface area contributed by atoms with Crippen molar-refractivity contribution in [3.8, 4) is 5.75 Å². The third-order valence-corrected chi connectivity index (χ3v) is 5.32. The van der Waals surface area contributed by atoms with E-state index in [9.17, 15) is 9.59 Å². The number of hydrazone groups is 1. The van der Waals surface area contributed by atoms with Crippen molar-refractivity contribution >= 4 is 51.1 Å². The van der Waals surface area contributed by atoms with Crippen LogP contribution in [0.1, 0.15) is 15.2 Å². The van der Waals surface area contributed by atoms with Crippen LogP contribution in [0.15, 0.2) is 53.6 Å². The lowest BCUT2D eigenvalue weighted by Crippen LogP contribution is -2.34. The summed E-state index contributed by atoms with van der Waals surface area (Å²) >= 11 is 7.54. The predicted molar refractivity (Wildman–Crippen MR) is 108 cm³/mol. The minimum Gasteiger partial charge on any atom is -0.497 e. The highest BCUT2D eigenvalue weighted by Gasteiger charge is 2.17. The molecule has 1 aromatic heterocycles. The van der Waals surface area contributed by atoms with Crippen LogP contribution in [-0.4, -0.2) is 31.7 Å². The van der Waals surface area contributed by atoms with Gasteiger partial charge in [0.1, 0.15) is 10.6 Å². The monoisotopic (exact) mass is 401 g/mol. The molecule has 0 spiro atoms. The number of halogens is 1. The van der Waals surface area contributed by atoms with Crippen molar-refractivity contribution in [3.63, 3.8) is 0 Å². The molecule has 0 radical (unpaired) electrons. The van der Waals surface area contributed by atoms with Crippen LogP contribution in [0.5, 0.6) is 5.75 Å². The first-order chi connectivity index (χ1) is 13.1. The predicted octanol–water partition coefficient (Wildman–Crippen LogP) is 3.44. The molecular weight excluding hydrogens is 386 g/mol. The molecule has 0 fully saturated rings. The Hall–Kier alpha value is -2.90. The van der Waals surface area contributed by atoms with E-state index in [1.165, 1.54) is 17.6 Å². The second-order valence-electron chi connectivity index (χ2n) is 5.49. The van der Waals surface area contributed by atoms with Gasteiger partial charge in [0.15, 0.2) is 0 Å². The van der Waals surface area contributed by atoms with Gasteiger partial charge in [-0.3, -0.25) is 9.59 Å². The Labute approximate surface area is 164 Å². The maximum absolute atomic E-state index is 12.3. The molecule has 0 unspecified atom stereocenters. The number of rotatable bonds is 6. The largest absolute Gasteiger partial charge is 0.497 e. The Morgan fingerprint density at radius 1 is 1.22 bits per heavy atom. The number of amides is 2. The van der Waals surface area contributed by atoms with Crippen molar-refractivity contribution in [2.24, 2.45) is 5.10 Å². The Bertz CT molecular complexity index is 1020. The zero-order valence-electron chi connectivity index (χ0n) is 14.4. The fourth-order valence-electron chi connectivity index (χ4n) is 2.34. The molecule has 0 saturated heterocycles. The van der Waals surface area contributed by atoms with Crippen LogP contribution in [0.25, 0.3) is 10.1 Å².